The minimum absolute atomic E-state index is 0.0454. The zero-order chi connectivity index (χ0) is 57.9. The van der Waals surface area contributed by atoms with Gasteiger partial charge in [-0.3, -0.25) is 0 Å². The first-order chi connectivity index (χ1) is 37.7. The van der Waals surface area contributed by atoms with Gasteiger partial charge in [-0.05, 0) is 240 Å². The molecule has 0 atom stereocenters. The molecule has 13 rings (SSSR count). The first kappa shape index (κ1) is 53.5. The van der Waals surface area contributed by atoms with Crippen LogP contribution in [0.25, 0.3) is 120 Å². The lowest BCUT2D eigenvalue weighted by molar-refractivity contribution is 0.568. The summed E-state index contributed by atoms with van der Waals surface area (Å²) in [6, 6.07) is 52.5. The molecule has 0 saturated heterocycles. The van der Waals surface area contributed by atoms with Gasteiger partial charge in [-0.1, -0.05) is 242 Å². The monoisotopic (exact) mass is 1060 g/mol. The molecule has 0 heteroatoms. The number of rotatable bonds is 4. The van der Waals surface area contributed by atoms with Crippen LogP contribution in [0, 0.1) is 0 Å². The Morgan fingerprint density at radius 1 is 0.284 bits per heavy atom. The summed E-state index contributed by atoms with van der Waals surface area (Å²) in [5.74, 6) is 0.572. The lowest BCUT2D eigenvalue weighted by Gasteiger charge is -2.28. The molecule has 11 aromatic rings. The normalized spacial score (nSPS) is 14.6. The highest BCUT2D eigenvalue weighted by Gasteiger charge is 2.40. The van der Waals surface area contributed by atoms with Crippen molar-refractivity contribution in [1.82, 2.24) is 0 Å². The summed E-state index contributed by atoms with van der Waals surface area (Å²) in [5, 5.41) is 16.5. The summed E-state index contributed by atoms with van der Waals surface area (Å²) in [7, 11) is 0. The molecule has 0 saturated carbocycles. The van der Waals surface area contributed by atoms with Crippen LogP contribution in [-0.2, 0) is 32.5 Å². The Bertz CT molecular complexity index is 4460. The van der Waals surface area contributed by atoms with Gasteiger partial charge in [0.1, 0.15) is 0 Å². The lowest BCUT2D eigenvalue weighted by Crippen LogP contribution is -2.17. The van der Waals surface area contributed by atoms with Gasteiger partial charge in [0.2, 0.25) is 0 Å². The number of hydrogen-bond donors (Lipinski definition) is 0. The Morgan fingerprint density at radius 3 is 1.26 bits per heavy atom. The van der Waals surface area contributed by atoms with Gasteiger partial charge < -0.3 is 0 Å². The van der Waals surface area contributed by atoms with E-state index in [1.54, 1.807) is 0 Å². The predicted molar refractivity (Wildman–Crippen MR) is 357 cm³/mol. The fourth-order valence-electron chi connectivity index (χ4n) is 14.7. The highest BCUT2D eigenvalue weighted by atomic mass is 14.4. The van der Waals surface area contributed by atoms with Crippen LogP contribution >= 0.6 is 0 Å². The van der Waals surface area contributed by atoms with Crippen molar-refractivity contribution < 1.29 is 0 Å². The minimum Gasteiger partial charge on any atom is -0.0616 e. The number of hydrogen-bond acceptors (Lipinski definition) is 0. The third kappa shape index (κ3) is 7.88. The van der Waals surface area contributed by atoms with E-state index in [1.165, 1.54) is 170 Å². The fourth-order valence-corrected chi connectivity index (χ4v) is 14.7. The van der Waals surface area contributed by atoms with Crippen LogP contribution < -0.4 is 0 Å². The molecule has 2 aliphatic rings. The molecule has 0 nitrogen and oxygen atoms in total. The summed E-state index contributed by atoms with van der Waals surface area (Å²) >= 11 is 0. The van der Waals surface area contributed by atoms with Crippen molar-refractivity contribution in [3.05, 3.63) is 177 Å². The van der Waals surface area contributed by atoms with Crippen molar-refractivity contribution in [3.63, 3.8) is 0 Å². The largest absolute Gasteiger partial charge is 0.0616 e. The lowest BCUT2D eigenvalue weighted by atomic mass is 9.76. The minimum atomic E-state index is -0.167. The molecule has 0 spiro atoms. The molecule has 0 aromatic heterocycles. The molecular weight excluding hydrogens is 973 g/mol. The van der Waals surface area contributed by atoms with Crippen LogP contribution in [0.1, 0.15) is 207 Å². The van der Waals surface area contributed by atoms with Crippen LogP contribution in [0.2, 0.25) is 0 Å². The summed E-state index contributed by atoms with van der Waals surface area (Å²) in [5.41, 5.74) is 26.0. The van der Waals surface area contributed by atoms with E-state index in [0.717, 1.165) is 0 Å². The maximum atomic E-state index is 2.68. The average Bonchev–Trinajstić information content (AvgIpc) is 4.10. The van der Waals surface area contributed by atoms with E-state index in [2.05, 4.69) is 273 Å². The Balaban J connectivity index is 1.22. The number of benzene rings is 11. The Labute approximate surface area is 484 Å². The Morgan fingerprint density at radius 2 is 0.765 bits per heavy atom. The third-order valence-electron chi connectivity index (χ3n) is 19.6. The van der Waals surface area contributed by atoms with Crippen molar-refractivity contribution in [2.24, 2.45) is 0 Å². The summed E-state index contributed by atoms with van der Waals surface area (Å²) in [6.07, 6.45) is 0. The second-order valence-corrected chi connectivity index (χ2v) is 31.4. The summed E-state index contributed by atoms with van der Waals surface area (Å²) in [6.45, 7) is 50.3. The van der Waals surface area contributed by atoms with Crippen molar-refractivity contribution in [1.29, 1.82) is 0 Å². The van der Waals surface area contributed by atoms with E-state index in [0.29, 0.717) is 0 Å². The summed E-state index contributed by atoms with van der Waals surface area (Å²) in [4.78, 5) is 0. The SMILES string of the molecule is CC(C)c1cc2c3cccc4c5c(cc(c6c(C(C)C)cc7c(c1-c1cc8c(-c9cc(C(C)(C)C)cc(C(C)(C)C)c9)c9ccccc9c(-c9cc(C(C)(C)C)cc(C(C)(C)C)c9)c8cc1-7)c26)c43)C(C)(C)c1cc(C(C)(C)C)ccc1-5. The van der Waals surface area contributed by atoms with Gasteiger partial charge in [-0.25, -0.2) is 0 Å². The van der Waals surface area contributed by atoms with Gasteiger partial charge in [0.05, 0.1) is 0 Å². The summed E-state index contributed by atoms with van der Waals surface area (Å²) < 4.78 is 0. The van der Waals surface area contributed by atoms with E-state index in [-0.39, 0.29) is 44.3 Å². The first-order valence-corrected chi connectivity index (χ1v) is 30.5. The molecule has 0 radical (unpaired) electrons. The topological polar surface area (TPSA) is 0 Å². The van der Waals surface area contributed by atoms with E-state index >= 15 is 0 Å². The number of fused-ring (bicyclic) bond motifs is 11. The van der Waals surface area contributed by atoms with Crippen LogP contribution in [0.15, 0.2) is 127 Å². The van der Waals surface area contributed by atoms with Gasteiger partial charge in [-0.15, -0.1) is 0 Å². The van der Waals surface area contributed by atoms with E-state index in [1.807, 2.05) is 0 Å². The van der Waals surface area contributed by atoms with Crippen molar-refractivity contribution in [3.8, 4) is 55.6 Å². The molecule has 0 aliphatic heterocycles. The molecule has 0 bridgehead atoms. The van der Waals surface area contributed by atoms with Crippen LogP contribution in [0.3, 0.4) is 0 Å². The molecule has 0 amide bonds. The predicted octanol–water partition coefficient (Wildman–Crippen LogP) is 24.1. The molecule has 0 unspecified atom stereocenters. The standard InChI is InChI=1S/C81H86/c1-43(2)57-38-60-54-27-24-28-56-70(54)65(42-67-71(56)55-30-29-47(76(5,6)7)37-66(55)81(67,20)21)73-58(44(3)4)39-62-59-40-63-64(41-61(59)72(57)75(62)74(60)73)69(46-33-50(79(14,15)16)36-51(34-46)80(17,18)19)53-26-23-22-25-52(53)68(63)45-31-48(77(8,9)10)35-49(32-45)78(11,12)13/h22-44H,1-21H3. The van der Waals surface area contributed by atoms with E-state index in [9.17, 15) is 0 Å². The molecule has 0 heterocycles. The molecule has 81 heavy (non-hydrogen) atoms. The maximum absolute atomic E-state index is 2.68. The first-order valence-electron chi connectivity index (χ1n) is 30.5. The molecule has 410 valence electrons. The van der Waals surface area contributed by atoms with Crippen molar-refractivity contribution >= 4 is 64.6 Å². The van der Waals surface area contributed by atoms with Crippen LogP contribution in [-0.4, -0.2) is 0 Å². The molecule has 0 fully saturated rings. The zero-order valence-corrected chi connectivity index (χ0v) is 52.8. The van der Waals surface area contributed by atoms with Gasteiger partial charge in [0.25, 0.3) is 0 Å². The van der Waals surface area contributed by atoms with Gasteiger partial charge in [0.15, 0.2) is 0 Å². The average molecular weight is 1060 g/mol. The molecule has 0 N–H and O–H groups in total. The molecular formula is C81H86. The highest BCUT2D eigenvalue weighted by molar-refractivity contribution is 6.40. The quantitative estimate of drug-likeness (QED) is 0.122. The maximum Gasteiger partial charge on any atom is 0.0159 e. The fraction of sp³-hybridized carbons (Fsp3) is 0.358. The van der Waals surface area contributed by atoms with Crippen molar-refractivity contribution in [2.75, 3.05) is 0 Å². The second kappa shape index (κ2) is 17.2. The van der Waals surface area contributed by atoms with E-state index in [4.69, 9.17) is 0 Å². The van der Waals surface area contributed by atoms with Gasteiger partial charge in [-0.2, -0.15) is 0 Å². The third-order valence-corrected chi connectivity index (χ3v) is 19.6. The highest BCUT2D eigenvalue weighted by Crippen LogP contribution is 2.61. The van der Waals surface area contributed by atoms with Crippen LogP contribution in [0.5, 0.6) is 0 Å². The smallest absolute Gasteiger partial charge is 0.0159 e. The Hall–Kier alpha value is -6.76. The van der Waals surface area contributed by atoms with E-state index < -0.39 is 0 Å². The van der Waals surface area contributed by atoms with Gasteiger partial charge in [0, 0.05) is 5.41 Å². The van der Waals surface area contributed by atoms with Gasteiger partial charge >= 0.3 is 0 Å². The van der Waals surface area contributed by atoms with Crippen LogP contribution in [0.4, 0.5) is 0 Å². The van der Waals surface area contributed by atoms with Crippen molar-refractivity contribution in [2.45, 2.75) is 190 Å². The zero-order valence-electron chi connectivity index (χ0n) is 52.8. The molecule has 2 aliphatic carbocycles. The molecule has 11 aromatic carbocycles. The second-order valence-electron chi connectivity index (χ2n) is 31.4. The Kier molecular flexibility index (Phi) is 11.3.